The Hall–Kier alpha value is -1.55. The van der Waals surface area contributed by atoms with Crippen LogP contribution in [0.1, 0.15) is 56.6 Å². The van der Waals surface area contributed by atoms with E-state index >= 15 is 0 Å². The van der Waals surface area contributed by atoms with Gasteiger partial charge in [-0.2, -0.15) is 0 Å². The summed E-state index contributed by atoms with van der Waals surface area (Å²) in [5.74, 6) is 2.85. The lowest BCUT2D eigenvalue weighted by Gasteiger charge is -2.15. The Balaban J connectivity index is 0.00000385. The van der Waals surface area contributed by atoms with Gasteiger partial charge >= 0.3 is 0 Å². The Morgan fingerprint density at radius 3 is 2.64 bits per heavy atom. The van der Waals surface area contributed by atoms with E-state index in [0.717, 1.165) is 43.5 Å². The molecule has 1 aliphatic carbocycles. The molecule has 1 atom stereocenters. The predicted molar refractivity (Wildman–Crippen MR) is 143 cm³/mol. The molecule has 1 aromatic rings. The summed E-state index contributed by atoms with van der Waals surface area (Å²) < 4.78 is 11.6. The summed E-state index contributed by atoms with van der Waals surface area (Å²) in [5.41, 5.74) is 2.24. The molecule has 3 rings (SSSR count). The molecule has 1 aromatic carbocycles. The number of rotatable bonds is 11. The third-order valence-corrected chi connectivity index (χ3v) is 6.16. The van der Waals surface area contributed by atoms with Gasteiger partial charge in [-0.25, -0.2) is 4.99 Å². The average molecular weight is 573 g/mol. The number of carbonyl (C=O) groups is 1. The predicted octanol–water partition coefficient (Wildman–Crippen LogP) is 3.78. The lowest BCUT2D eigenvalue weighted by molar-refractivity contribution is -0.121. The first-order valence-corrected chi connectivity index (χ1v) is 12.2. The summed E-state index contributed by atoms with van der Waals surface area (Å²) in [5, 5.41) is 9.62. The SMILES string of the molecule is CCNC(=NCc1ccc(C)cc1OCC1CCOC1)NCCNC(=O)CC1CCCC1.I. The van der Waals surface area contributed by atoms with E-state index < -0.39 is 0 Å². The summed E-state index contributed by atoms with van der Waals surface area (Å²) in [6.45, 7) is 8.95. The van der Waals surface area contributed by atoms with E-state index in [1.807, 2.05) is 6.92 Å². The molecule has 0 aromatic heterocycles. The minimum absolute atomic E-state index is 0. The van der Waals surface area contributed by atoms with Crippen LogP contribution in [0.25, 0.3) is 0 Å². The second-order valence-electron chi connectivity index (χ2n) is 8.98. The van der Waals surface area contributed by atoms with E-state index in [2.05, 4.69) is 41.1 Å². The Morgan fingerprint density at radius 2 is 1.91 bits per heavy atom. The zero-order valence-corrected chi connectivity index (χ0v) is 22.5. The molecule has 1 aliphatic heterocycles. The van der Waals surface area contributed by atoms with Gasteiger partial charge in [-0.15, -0.1) is 24.0 Å². The summed E-state index contributed by atoms with van der Waals surface area (Å²) in [7, 11) is 0. The van der Waals surface area contributed by atoms with Gasteiger partial charge in [0.25, 0.3) is 0 Å². The topological polar surface area (TPSA) is 84.0 Å². The fraction of sp³-hybridized carbons (Fsp3) is 0.680. The van der Waals surface area contributed by atoms with Gasteiger partial charge in [-0.05, 0) is 50.7 Å². The van der Waals surface area contributed by atoms with Gasteiger partial charge in [0.1, 0.15) is 5.75 Å². The number of aryl methyl sites for hydroxylation is 1. The van der Waals surface area contributed by atoms with Gasteiger partial charge in [0.15, 0.2) is 5.96 Å². The van der Waals surface area contributed by atoms with E-state index in [9.17, 15) is 4.79 Å². The molecule has 3 N–H and O–H groups in total. The molecule has 0 radical (unpaired) electrons. The molecule has 2 fully saturated rings. The van der Waals surface area contributed by atoms with Crippen molar-refractivity contribution in [3.05, 3.63) is 29.3 Å². The van der Waals surface area contributed by atoms with Crippen LogP contribution >= 0.6 is 24.0 Å². The number of nitrogens with one attached hydrogen (secondary N) is 3. The Morgan fingerprint density at radius 1 is 1.12 bits per heavy atom. The van der Waals surface area contributed by atoms with E-state index in [4.69, 9.17) is 14.5 Å². The van der Waals surface area contributed by atoms with Crippen LogP contribution in [0.2, 0.25) is 0 Å². The standard InChI is InChI=1S/C25H40N4O3.HI/c1-3-26-25(28-12-11-27-24(30)15-20-6-4-5-7-20)29-16-22-9-8-19(2)14-23(22)32-18-21-10-13-31-17-21;/h8-9,14,20-21H,3-7,10-13,15-18H2,1-2H3,(H,27,30)(H2,26,28,29);1H. The first-order chi connectivity index (χ1) is 15.6. The molecule has 1 saturated heterocycles. The monoisotopic (exact) mass is 572 g/mol. The van der Waals surface area contributed by atoms with Gasteiger partial charge in [0.05, 0.1) is 19.8 Å². The number of guanidine groups is 1. The number of aliphatic imine (C=N–C) groups is 1. The molecule has 1 heterocycles. The maximum absolute atomic E-state index is 12.1. The maximum Gasteiger partial charge on any atom is 0.220 e. The van der Waals surface area contributed by atoms with Gasteiger partial charge < -0.3 is 25.4 Å². The Bertz CT molecular complexity index is 747. The number of amides is 1. The molecule has 1 saturated carbocycles. The number of nitrogens with zero attached hydrogens (tertiary/aromatic N) is 1. The maximum atomic E-state index is 12.1. The minimum atomic E-state index is 0. The van der Waals surface area contributed by atoms with Crippen molar-refractivity contribution in [1.82, 2.24) is 16.0 Å². The quantitative estimate of drug-likeness (QED) is 0.163. The minimum Gasteiger partial charge on any atom is -0.493 e. The summed E-state index contributed by atoms with van der Waals surface area (Å²) >= 11 is 0. The molecule has 8 heteroatoms. The van der Waals surface area contributed by atoms with Crippen LogP contribution in [0.15, 0.2) is 23.2 Å². The second-order valence-corrected chi connectivity index (χ2v) is 8.98. The van der Waals surface area contributed by atoms with Crippen molar-refractivity contribution in [2.45, 2.75) is 58.9 Å². The highest BCUT2D eigenvalue weighted by atomic mass is 127. The van der Waals surface area contributed by atoms with Crippen LogP contribution in [-0.2, 0) is 16.1 Å². The molecule has 1 amide bonds. The third kappa shape index (κ3) is 10.1. The van der Waals surface area contributed by atoms with Gasteiger partial charge in [-0.1, -0.05) is 25.0 Å². The van der Waals surface area contributed by atoms with Crippen molar-refractivity contribution in [2.24, 2.45) is 16.8 Å². The molecule has 7 nitrogen and oxygen atoms in total. The summed E-state index contributed by atoms with van der Waals surface area (Å²) in [6.07, 6.45) is 6.65. The Labute approximate surface area is 215 Å². The van der Waals surface area contributed by atoms with Crippen LogP contribution in [-0.4, -0.2) is 51.3 Å². The number of ether oxygens (including phenoxy) is 2. The Kier molecular flexibility index (Phi) is 12.9. The molecule has 0 spiro atoms. The first-order valence-electron chi connectivity index (χ1n) is 12.2. The largest absolute Gasteiger partial charge is 0.493 e. The second kappa shape index (κ2) is 15.4. The average Bonchev–Trinajstić information content (AvgIpc) is 3.48. The highest BCUT2D eigenvalue weighted by Crippen LogP contribution is 2.27. The van der Waals surface area contributed by atoms with E-state index in [0.29, 0.717) is 44.5 Å². The van der Waals surface area contributed by atoms with Crippen LogP contribution < -0.4 is 20.7 Å². The molecule has 2 aliphatic rings. The number of halogens is 1. The first kappa shape index (κ1) is 27.7. The van der Waals surface area contributed by atoms with Crippen molar-refractivity contribution in [3.63, 3.8) is 0 Å². The van der Waals surface area contributed by atoms with Crippen molar-refractivity contribution in [1.29, 1.82) is 0 Å². The molecule has 33 heavy (non-hydrogen) atoms. The number of benzene rings is 1. The van der Waals surface area contributed by atoms with E-state index in [-0.39, 0.29) is 29.9 Å². The van der Waals surface area contributed by atoms with Crippen LogP contribution in [0.3, 0.4) is 0 Å². The van der Waals surface area contributed by atoms with Gasteiger partial charge in [0.2, 0.25) is 5.91 Å². The van der Waals surface area contributed by atoms with Crippen LogP contribution in [0, 0.1) is 18.8 Å². The molecular formula is C25H41IN4O3. The van der Waals surface area contributed by atoms with Gasteiger partial charge in [0, 0.05) is 44.1 Å². The van der Waals surface area contributed by atoms with Crippen LogP contribution in [0.5, 0.6) is 5.75 Å². The highest BCUT2D eigenvalue weighted by molar-refractivity contribution is 14.0. The van der Waals surface area contributed by atoms with Crippen molar-refractivity contribution in [2.75, 3.05) is 39.5 Å². The highest BCUT2D eigenvalue weighted by Gasteiger charge is 2.18. The molecule has 0 bridgehead atoms. The van der Waals surface area contributed by atoms with E-state index in [1.54, 1.807) is 0 Å². The summed E-state index contributed by atoms with van der Waals surface area (Å²) in [6, 6.07) is 6.27. The molecular weight excluding hydrogens is 531 g/mol. The van der Waals surface area contributed by atoms with Crippen molar-refractivity contribution in [3.8, 4) is 5.75 Å². The molecule has 186 valence electrons. The fourth-order valence-corrected chi connectivity index (χ4v) is 4.29. The normalized spacial score (nSPS) is 18.6. The zero-order valence-electron chi connectivity index (χ0n) is 20.2. The lowest BCUT2D eigenvalue weighted by Crippen LogP contribution is -2.41. The number of hydrogen-bond acceptors (Lipinski definition) is 4. The fourth-order valence-electron chi connectivity index (χ4n) is 4.29. The summed E-state index contributed by atoms with van der Waals surface area (Å²) in [4.78, 5) is 16.8. The smallest absolute Gasteiger partial charge is 0.220 e. The van der Waals surface area contributed by atoms with Crippen molar-refractivity contribution >= 4 is 35.8 Å². The number of carbonyl (C=O) groups excluding carboxylic acids is 1. The molecule has 1 unspecified atom stereocenters. The van der Waals surface area contributed by atoms with E-state index in [1.165, 1.54) is 31.2 Å². The zero-order chi connectivity index (χ0) is 22.6. The number of hydrogen-bond donors (Lipinski definition) is 3. The van der Waals surface area contributed by atoms with Crippen molar-refractivity contribution < 1.29 is 14.3 Å². The lowest BCUT2D eigenvalue weighted by atomic mass is 10.0. The third-order valence-electron chi connectivity index (χ3n) is 6.16. The van der Waals surface area contributed by atoms with Crippen LogP contribution in [0.4, 0.5) is 0 Å². The van der Waals surface area contributed by atoms with Gasteiger partial charge in [-0.3, -0.25) is 4.79 Å².